The molecule has 2 aromatic rings. The van der Waals surface area contributed by atoms with E-state index in [1.807, 2.05) is 30.9 Å². The Morgan fingerprint density at radius 3 is 2.23 bits per heavy atom. The van der Waals surface area contributed by atoms with E-state index in [1.54, 1.807) is 7.11 Å². The van der Waals surface area contributed by atoms with Gasteiger partial charge in [-0.3, -0.25) is 9.69 Å². The number of hydrogen-bond acceptors (Lipinski definition) is 4. The van der Waals surface area contributed by atoms with Gasteiger partial charge in [0.25, 0.3) is 0 Å². The molecule has 31 heavy (non-hydrogen) atoms. The minimum Gasteiger partial charge on any atom is -0.497 e. The van der Waals surface area contributed by atoms with Crippen LogP contribution in [0.4, 0.5) is 5.69 Å². The molecular weight excluding hydrogens is 386 g/mol. The summed E-state index contributed by atoms with van der Waals surface area (Å²) in [6.45, 7) is 7.03. The van der Waals surface area contributed by atoms with Crippen LogP contribution in [0.3, 0.4) is 0 Å². The lowest BCUT2D eigenvalue weighted by Gasteiger charge is -2.32. The highest BCUT2D eigenvalue weighted by molar-refractivity contribution is 5.88. The lowest BCUT2D eigenvalue weighted by molar-refractivity contribution is -0.132. The van der Waals surface area contributed by atoms with Crippen LogP contribution in [0.15, 0.2) is 48.5 Å². The van der Waals surface area contributed by atoms with Crippen LogP contribution < -0.4 is 9.64 Å². The molecule has 1 amide bonds. The number of benzene rings is 2. The maximum atomic E-state index is 13.3. The molecule has 2 aromatic carbocycles. The lowest BCUT2D eigenvalue weighted by atomic mass is 10.0. The highest BCUT2D eigenvalue weighted by Crippen LogP contribution is 2.39. The van der Waals surface area contributed by atoms with Crippen LogP contribution in [0.2, 0.25) is 0 Å². The summed E-state index contributed by atoms with van der Waals surface area (Å²) in [4.78, 5) is 20.0. The van der Waals surface area contributed by atoms with Gasteiger partial charge in [0.1, 0.15) is 11.9 Å². The number of amides is 1. The molecule has 0 spiro atoms. The zero-order chi connectivity index (χ0) is 22.0. The molecule has 2 fully saturated rings. The summed E-state index contributed by atoms with van der Waals surface area (Å²) in [5.41, 5.74) is 3.16. The molecule has 5 heteroatoms. The topological polar surface area (TPSA) is 36.0 Å². The van der Waals surface area contributed by atoms with Crippen molar-refractivity contribution in [3.05, 3.63) is 59.7 Å². The Labute approximate surface area is 186 Å². The predicted octanol–water partition coefficient (Wildman–Crippen LogP) is 4.48. The highest BCUT2D eigenvalue weighted by atomic mass is 16.5. The smallest absolute Gasteiger partial charge is 0.244 e. The highest BCUT2D eigenvalue weighted by Gasteiger charge is 2.49. The monoisotopic (exact) mass is 421 g/mol. The molecule has 1 atom stereocenters. The zero-order valence-corrected chi connectivity index (χ0v) is 19.3. The number of methoxy groups -OCH3 is 1. The number of carbonyl (C=O) groups excluding carboxylic acids is 1. The van der Waals surface area contributed by atoms with E-state index in [0.29, 0.717) is 6.54 Å². The fraction of sp³-hybridized carbons (Fsp3) is 0.500. The van der Waals surface area contributed by atoms with E-state index in [9.17, 15) is 4.79 Å². The predicted molar refractivity (Wildman–Crippen MR) is 126 cm³/mol. The SMILES string of the molecule is COc1ccc(CCN2C(=O)C(C)(C)N(C)C2c2ccc(N3CCCCC3)cc2)cc1. The molecule has 0 saturated carbocycles. The maximum Gasteiger partial charge on any atom is 0.244 e. The molecule has 0 N–H and O–H groups in total. The van der Waals surface area contributed by atoms with Gasteiger partial charge in [0.05, 0.1) is 12.6 Å². The van der Waals surface area contributed by atoms with Gasteiger partial charge in [0.15, 0.2) is 0 Å². The van der Waals surface area contributed by atoms with Crippen molar-refractivity contribution in [3.63, 3.8) is 0 Å². The van der Waals surface area contributed by atoms with Gasteiger partial charge in [-0.25, -0.2) is 0 Å². The summed E-state index contributed by atoms with van der Waals surface area (Å²) in [6.07, 6.45) is 4.66. The third kappa shape index (κ3) is 4.29. The van der Waals surface area contributed by atoms with Gasteiger partial charge in [-0.05, 0) is 82.0 Å². The number of hydrogen-bond donors (Lipinski definition) is 0. The van der Waals surface area contributed by atoms with Gasteiger partial charge in [-0.2, -0.15) is 0 Å². The van der Waals surface area contributed by atoms with Gasteiger partial charge in [-0.15, -0.1) is 0 Å². The Balaban J connectivity index is 1.53. The third-order valence-electron chi connectivity index (χ3n) is 7.04. The summed E-state index contributed by atoms with van der Waals surface area (Å²) in [6, 6.07) is 17.0. The summed E-state index contributed by atoms with van der Waals surface area (Å²) in [5.74, 6) is 1.04. The number of piperidine rings is 1. The van der Waals surface area contributed by atoms with E-state index < -0.39 is 5.54 Å². The Morgan fingerprint density at radius 2 is 1.61 bits per heavy atom. The van der Waals surface area contributed by atoms with Crippen LogP contribution in [0.5, 0.6) is 5.75 Å². The molecule has 2 saturated heterocycles. The van der Waals surface area contributed by atoms with E-state index in [2.05, 4.69) is 53.2 Å². The molecule has 2 aliphatic rings. The standard InChI is InChI=1S/C26H35N3O2/c1-26(2)25(30)29(19-16-20-8-14-23(31-4)15-9-20)24(27(26)3)21-10-12-22(13-11-21)28-17-6-5-7-18-28/h8-15,24H,5-7,16-19H2,1-4H3. The minimum absolute atomic E-state index is 0.0452. The van der Waals surface area contributed by atoms with Crippen molar-refractivity contribution in [2.24, 2.45) is 0 Å². The van der Waals surface area contributed by atoms with Gasteiger partial charge in [-0.1, -0.05) is 24.3 Å². The molecule has 5 nitrogen and oxygen atoms in total. The first-order chi connectivity index (χ1) is 14.9. The Bertz CT molecular complexity index is 886. The van der Waals surface area contributed by atoms with E-state index in [4.69, 9.17) is 4.74 Å². The summed E-state index contributed by atoms with van der Waals surface area (Å²) in [5, 5.41) is 0. The molecule has 0 radical (unpaired) electrons. The van der Waals surface area contributed by atoms with Gasteiger partial charge >= 0.3 is 0 Å². The number of ether oxygens (including phenoxy) is 1. The first-order valence-electron chi connectivity index (χ1n) is 11.4. The minimum atomic E-state index is -0.518. The Hall–Kier alpha value is -2.53. The molecule has 2 heterocycles. The molecule has 0 bridgehead atoms. The number of anilines is 1. The first kappa shape index (κ1) is 21.7. The van der Waals surface area contributed by atoms with E-state index in [0.717, 1.165) is 25.3 Å². The van der Waals surface area contributed by atoms with E-state index >= 15 is 0 Å². The van der Waals surface area contributed by atoms with E-state index in [-0.39, 0.29) is 12.1 Å². The number of nitrogens with zero attached hydrogens (tertiary/aromatic N) is 3. The number of carbonyl (C=O) groups is 1. The Kier molecular flexibility index (Phi) is 6.24. The average Bonchev–Trinajstić information content (AvgIpc) is 2.98. The summed E-state index contributed by atoms with van der Waals surface area (Å²) < 4.78 is 5.26. The van der Waals surface area contributed by atoms with Gasteiger partial charge in [0, 0.05) is 25.3 Å². The van der Waals surface area contributed by atoms with Crippen molar-refractivity contribution < 1.29 is 9.53 Å². The van der Waals surface area contributed by atoms with Crippen LogP contribution in [0.25, 0.3) is 0 Å². The number of rotatable bonds is 6. The van der Waals surface area contributed by atoms with Crippen molar-refractivity contribution in [2.45, 2.75) is 51.2 Å². The third-order valence-corrected chi connectivity index (χ3v) is 7.04. The normalized spacial score (nSPS) is 21.5. The molecule has 0 aliphatic carbocycles. The molecule has 4 rings (SSSR count). The zero-order valence-electron chi connectivity index (χ0n) is 19.3. The fourth-order valence-electron chi connectivity index (χ4n) is 4.81. The second-order valence-electron chi connectivity index (χ2n) is 9.28. The molecular formula is C26H35N3O2. The summed E-state index contributed by atoms with van der Waals surface area (Å²) >= 11 is 0. The fourth-order valence-corrected chi connectivity index (χ4v) is 4.81. The van der Waals surface area contributed by atoms with Crippen molar-refractivity contribution in [1.29, 1.82) is 0 Å². The van der Waals surface area contributed by atoms with Crippen molar-refractivity contribution in [3.8, 4) is 5.75 Å². The second-order valence-corrected chi connectivity index (χ2v) is 9.28. The molecule has 2 aliphatic heterocycles. The largest absolute Gasteiger partial charge is 0.497 e. The average molecular weight is 422 g/mol. The van der Waals surface area contributed by atoms with Crippen LogP contribution in [0, 0.1) is 0 Å². The molecule has 1 unspecified atom stereocenters. The summed E-state index contributed by atoms with van der Waals surface area (Å²) in [7, 11) is 3.74. The second kappa shape index (κ2) is 8.91. The lowest BCUT2D eigenvalue weighted by Crippen LogP contribution is -2.41. The number of likely N-dealkylation sites (N-methyl/N-ethyl adjacent to an activating group) is 1. The molecule has 166 valence electrons. The van der Waals surface area contributed by atoms with Crippen molar-refractivity contribution >= 4 is 11.6 Å². The van der Waals surface area contributed by atoms with Crippen LogP contribution in [0.1, 0.15) is 50.4 Å². The van der Waals surface area contributed by atoms with E-state index in [1.165, 1.54) is 36.1 Å². The van der Waals surface area contributed by atoms with Gasteiger partial charge < -0.3 is 14.5 Å². The first-order valence-corrected chi connectivity index (χ1v) is 11.4. The maximum absolute atomic E-state index is 13.3. The van der Waals surface area contributed by atoms with Crippen LogP contribution in [-0.2, 0) is 11.2 Å². The van der Waals surface area contributed by atoms with Gasteiger partial charge in [0.2, 0.25) is 5.91 Å². The van der Waals surface area contributed by atoms with Crippen LogP contribution >= 0.6 is 0 Å². The van der Waals surface area contributed by atoms with Crippen molar-refractivity contribution in [1.82, 2.24) is 9.80 Å². The quantitative estimate of drug-likeness (QED) is 0.689. The Morgan fingerprint density at radius 1 is 0.968 bits per heavy atom. The molecule has 0 aromatic heterocycles. The van der Waals surface area contributed by atoms with Crippen LogP contribution in [-0.4, -0.2) is 55.0 Å². The van der Waals surface area contributed by atoms with Crippen molar-refractivity contribution in [2.75, 3.05) is 38.7 Å².